The number of aromatic amines is 2. The molecule has 3 N–H and O–H groups in total. The Kier molecular flexibility index (Phi) is 6.14. The summed E-state index contributed by atoms with van der Waals surface area (Å²) in [4.78, 5) is 35.7. The van der Waals surface area contributed by atoms with Gasteiger partial charge in [0.15, 0.2) is 18.1 Å². The van der Waals surface area contributed by atoms with Gasteiger partial charge in [0.2, 0.25) is 5.88 Å². The van der Waals surface area contributed by atoms with Crippen molar-refractivity contribution in [3.63, 3.8) is 0 Å². The van der Waals surface area contributed by atoms with Crippen molar-refractivity contribution in [1.29, 1.82) is 0 Å². The lowest BCUT2D eigenvalue weighted by Crippen LogP contribution is -2.07. The van der Waals surface area contributed by atoms with E-state index >= 15 is 0 Å². The lowest BCUT2D eigenvalue weighted by molar-refractivity contribution is -0.120. The molecule has 2 heterocycles. The number of aromatic hydroxyl groups is 1. The van der Waals surface area contributed by atoms with Gasteiger partial charge in [-0.1, -0.05) is 48.5 Å². The normalized spacial score (nSPS) is 11.4. The summed E-state index contributed by atoms with van der Waals surface area (Å²) < 4.78 is 5.55. The molecule has 0 spiro atoms. The van der Waals surface area contributed by atoms with E-state index in [1.54, 1.807) is 54.6 Å². The van der Waals surface area contributed by atoms with E-state index < -0.39 is 5.91 Å². The highest BCUT2D eigenvalue weighted by Crippen LogP contribution is 2.35. The third-order valence-electron chi connectivity index (χ3n) is 6.19. The summed E-state index contributed by atoms with van der Waals surface area (Å²) in [5, 5.41) is 18.3. The van der Waals surface area contributed by atoms with Gasteiger partial charge < -0.3 is 19.8 Å². The van der Waals surface area contributed by atoms with Gasteiger partial charge in [-0.15, -0.1) is 10.2 Å². The minimum Gasteiger partial charge on any atom is -0.493 e. The first-order valence-corrected chi connectivity index (χ1v) is 12.1. The maximum absolute atomic E-state index is 12.8. The number of amides is 1. The number of benzene rings is 4. The van der Waals surface area contributed by atoms with E-state index in [2.05, 4.69) is 25.2 Å². The molecule has 0 radical (unpaired) electrons. The molecule has 1 amide bonds. The first-order chi connectivity index (χ1) is 19.0. The number of ether oxygens (including phenoxy) is 1. The van der Waals surface area contributed by atoms with Gasteiger partial charge in [0.05, 0.1) is 16.6 Å². The summed E-state index contributed by atoms with van der Waals surface area (Å²) >= 11 is 0. The van der Waals surface area contributed by atoms with Crippen LogP contribution in [-0.2, 0) is 4.79 Å². The highest BCUT2D eigenvalue weighted by molar-refractivity contribution is 6.10. The molecule has 0 aliphatic heterocycles. The molecule has 0 saturated carbocycles. The number of para-hydroxylation sites is 1. The van der Waals surface area contributed by atoms with Crippen molar-refractivity contribution in [1.82, 2.24) is 15.0 Å². The number of fused-ring (bicyclic) bond motifs is 2. The number of carbonyl (C=O) groups excluding carboxylic acids is 2. The Hall–Kier alpha value is -5.57. The van der Waals surface area contributed by atoms with Crippen molar-refractivity contribution < 1.29 is 19.4 Å². The molecule has 39 heavy (non-hydrogen) atoms. The van der Waals surface area contributed by atoms with Crippen LogP contribution in [-0.4, -0.2) is 38.4 Å². The van der Waals surface area contributed by atoms with E-state index in [0.717, 1.165) is 16.6 Å². The van der Waals surface area contributed by atoms with Crippen LogP contribution in [0.4, 0.5) is 5.69 Å². The van der Waals surface area contributed by atoms with Crippen LogP contribution < -0.4 is 4.74 Å². The molecule has 2 aromatic heterocycles. The van der Waals surface area contributed by atoms with Crippen LogP contribution in [0.25, 0.3) is 33.3 Å². The zero-order chi connectivity index (χ0) is 26.8. The molecular formula is C30H21N5O4. The molecular weight excluding hydrogens is 494 g/mol. The number of rotatable bonds is 7. The third-order valence-corrected chi connectivity index (χ3v) is 6.19. The zero-order valence-electron chi connectivity index (χ0n) is 20.5. The largest absolute Gasteiger partial charge is 0.493 e. The molecule has 0 saturated heterocycles. The number of hydrogen-bond donors (Lipinski definition) is 3. The molecule has 9 heteroatoms. The van der Waals surface area contributed by atoms with E-state index in [1.807, 2.05) is 42.5 Å². The van der Waals surface area contributed by atoms with E-state index in [9.17, 15) is 14.7 Å². The first-order valence-electron chi connectivity index (χ1n) is 12.1. The van der Waals surface area contributed by atoms with Gasteiger partial charge in [-0.05, 0) is 48.5 Å². The molecule has 0 aliphatic rings. The first kappa shape index (κ1) is 23.8. The average molecular weight is 516 g/mol. The maximum Gasteiger partial charge on any atom is 0.302 e. The number of nitrogens with one attached hydrogen (secondary N) is 2. The number of hydrogen-bond acceptors (Lipinski definition) is 6. The number of ketones is 1. The number of nitrogens with zero attached hydrogens (tertiary/aromatic N) is 3. The van der Waals surface area contributed by atoms with Crippen molar-refractivity contribution >= 4 is 39.3 Å². The molecule has 6 rings (SSSR count). The Balaban J connectivity index is 1.11. The highest BCUT2D eigenvalue weighted by Gasteiger charge is 2.13. The summed E-state index contributed by atoms with van der Waals surface area (Å²) in [6.07, 6.45) is 0. The fourth-order valence-electron chi connectivity index (χ4n) is 4.25. The Labute approximate surface area is 221 Å². The van der Waals surface area contributed by atoms with Crippen LogP contribution in [0.15, 0.2) is 107 Å². The molecule has 9 nitrogen and oxygen atoms in total. The summed E-state index contributed by atoms with van der Waals surface area (Å²) in [6, 6.07) is 28.8. The van der Waals surface area contributed by atoms with Crippen molar-refractivity contribution in [2.75, 3.05) is 6.61 Å². The van der Waals surface area contributed by atoms with Crippen LogP contribution in [0.3, 0.4) is 0 Å². The smallest absolute Gasteiger partial charge is 0.302 e. The minimum atomic E-state index is -0.595. The van der Waals surface area contributed by atoms with Crippen LogP contribution in [0, 0.1) is 0 Å². The molecule has 0 bridgehead atoms. The Bertz CT molecular complexity index is 1850. The van der Waals surface area contributed by atoms with Crippen LogP contribution in [0.5, 0.6) is 11.6 Å². The van der Waals surface area contributed by atoms with Crippen molar-refractivity contribution in [3.05, 3.63) is 108 Å². The fourth-order valence-corrected chi connectivity index (χ4v) is 4.25. The molecule has 0 atom stereocenters. The Morgan fingerprint density at radius 1 is 0.821 bits per heavy atom. The van der Waals surface area contributed by atoms with E-state index in [-0.39, 0.29) is 24.0 Å². The summed E-state index contributed by atoms with van der Waals surface area (Å²) in [5.74, 6) is 0.312. The predicted molar refractivity (Wildman–Crippen MR) is 146 cm³/mol. The molecule has 0 fully saturated rings. The van der Waals surface area contributed by atoms with E-state index in [4.69, 9.17) is 4.74 Å². The average Bonchev–Trinajstić information content (AvgIpc) is 3.55. The van der Waals surface area contributed by atoms with Crippen molar-refractivity contribution in [3.8, 4) is 23.0 Å². The lowest BCUT2D eigenvalue weighted by Gasteiger charge is -2.04. The van der Waals surface area contributed by atoms with Gasteiger partial charge in [0.25, 0.3) is 0 Å². The quantitative estimate of drug-likeness (QED) is 0.169. The second kappa shape index (κ2) is 10.1. The SMILES string of the molecule is O=C(COc1ccc(-c2nc3ccc(C(=O)c4ccccc4)cc3[nH]2)cc1)N=Nc1c(O)[nH]c2ccccc12. The second-order valence-electron chi connectivity index (χ2n) is 8.79. The second-order valence-corrected chi connectivity index (χ2v) is 8.79. The fraction of sp³-hybridized carbons (Fsp3) is 0.0333. The number of aromatic nitrogens is 3. The minimum absolute atomic E-state index is 0.0533. The van der Waals surface area contributed by atoms with E-state index in [1.165, 1.54) is 0 Å². The van der Waals surface area contributed by atoms with E-state index in [0.29, 0.717) is 33.6 Å². The predicted octanol–water partition coefficient (Wildman–Crippen LogP) is 6.34. The van der Waals surface area contributed by atoms with Gasteiger partial charge in [-0.3, -0.25) is 9.59 Å². The maximum atomic E-state index is 12.8. The Morgan fingerprint density at radius 3 is 2.41 bits per heavy atom. The van der Waals surface area contributed by atoms with Crippen LogP contribution >= 0.6 is 0 Å². The molecule has 190 valence electrons. The zero-order valence-corrected chi connectivity index (χ0v) is 20.5. The topological polar surface area (TPSA) is 133 Å². The van der Waals surface area contributed by atoms with Gasteiger partial charge in [0, 0.05) is 22.1 Å². The molecule has 6 aromatic rings. The molecule has 4 aromatic carbocycles. The van der Waals surface area contributed by atoms with Crippen LogP contribution in [0.2, 0.25) is 0 Å². The van der Waals surface area contributed by atoms with Crippen molar-refractivity contribution in [2.45, 2.75) is 0 Å². The summed E-state index contributed by atoms with van der Waals surface area (Å²) in [7, 11) is 0. The number of imidazole rings is 1. The lowest BCUT2D eigenvalue weighted by atomic mass is 10.0. The molecule has 0 unspecified atom stereocenters. The monoisotopic (exact) mass is 515 g/mol. The number of H-pyrrole nitrogens is 2. The van der Waals surface area contributed by atoms with Gasteiger partial charge >= 0.3 is 5.91 Å². The Morgan fingerprint density at radius 2 is 1.59 bits per heavy atom. The van der Waals surface area contributed by atoms with Gasteiger partial charge in [-0.25, -0.2) is 4.98 Å². The standard InChI is InChI=1S/C30H21N5O4/c36-26(34-35-27-22-8-4-5-9-23(22)33-30(27)38)17-39-21-13-10-19(11-14-21)29-31-24-15-12-20(16-25(24)32-29)28(37)18-6-2-1-3-7-18/h1-16,33,38H,17H2,(H,31,32). The highest BCUT2D eigenvalue weighted by atomic mass is 16.5. The number of azo groups is 1. The number of carbonyl (C=O) groups is 2. The summed E-state index contributed by atoms with van der Waals surface area (Å²) in [5.41, 5.74) is 4.41. The van der Waals surface area contributed by atoms with Crippen LogP contribution in [0.1, 0.15) is 15.9 Å². The van der Waals surface area contributed by atoms with Gasteiger partial charge in [-0.2, -0.15) is 0 Å². The third kappa shape index (κ3) is 4.88. The van der Waals surface area contributed by atoms with Crippen molar-refractivity contribution in [2.24, 2.45) is 10.2 Å². The van der Waals surface area contributed by atoms with Gasteiger partial charge in [0.1, 0.15) is 11.6 Å². The molecule has 0 aliphatic carbocycles. The summed E-state index contributed by atoms with van der Waals surface area (Å²) in [6.45, 7) is -0.311.